The van der Waals surface area contributed by atoms with Gasteiger partial charge in [-0.15, -0.1) is 0 Å². The van der Waals surface area contributed by atoms with Crippen LogP contribution in [0.5, 0.6) is 0 Å². The predicted molar refractivity (Wildman–Crippen MR) is 48.2 cm³/mol. The third-order valence-electron chi connectivity index (χ3n) is 1.90. The zero-order valence-corrected chi connectivity index (χ0v) is 7.05. The van der Waals surface area contributed by atoms with E-state index in [2.05, 4.69) is 20.3 Å². The molecule has 0 saturated carbocycles. The Labute approximate surface area is 70.0 Å². The van der Waals surface area contributed by atoms with Crippen molar-refractivity contribution in [2.24, 2.45) is 0 Å². The molecule has 2 aromatic heterocycles. The molecule has 0 saturated heterocycles. The quantitative estimate of drug-likeness (QED) is 0.664. The van der Waals surface area contributed by atoms with Crippen molar-refractivity contribution in [3.63, 3.8) is 0 Å². The summed E-state index contributed by atoms with van der Waals surface area (Å²) < 4.78 is 0. The third-order valence-corrected chi connectivity index (χ3v) is 1.90. The summed E-state index contributed by atoms with van der Waals surface area (Å²) in [6.07, 6.45) is 3.48. The van der Waals surface area contributed by atoms with E-state index in [1.165, 1.54) is 0 Å². The number of H-pyrrole nitrogens is 1. The van der Waals surface area contributed by atoms with Gasteiger partial charge < -0.3 is 10.3 Å². The van der Waals surface area contributed by atoms with E-state index < -0.39 is 0 Å². The fraction of sp³-hybridized carbons (Fsp3) is 0.250. The van der Waals surface area contributed by atoms with Crippen LogP contribution in [0.4, 0.5) is 5.82 Å². The largest absolute Gasteiger partial charge is 0.372 e. The molecule has 62 valence electrons. The molecule has 4 heteroatoms. The highest BCUT2D eigenvalue weighted by Crippen LogP contribution is 2.21. The molecule has 0 aromatic carbocycles. The van der Waals surface area contributed by atoms with Gasteiger partial charge in [-0.25, -0.2) is 9.97 Å². The van der Waals surface area contributed by atoms with Gasteiger partial charge >= 0.3 is 0 Å². The van der Waals surface area contributed by atoms with Crippen molar-refractivity contribution >= 4 is 16.9 Å². The molecule has 0 atom stereocenters. The lowest BCUT2D eigenvalue weighted by Gasteiger charge is -1.99. The highest BCUT2D eigenvalue weighted by Gasteiger charge is 2.05. The van der Waals surface area contributed by atoms with Gasteiger partial charge in [0.2, 0.25) is 0 Å². The van der Waals surface area contributed by atoms with Crippen LogP contribution in [0.3, 0.4) is 0 Å². The standard InChI is InChI=1S/C8H10N4/c1-5-3-10-8-6(5)7(9-2)11-4-12-8/h3-4H,1-2H3,(H2,9,10,11,12). The van der Waals surface area contributed by atoms with Crippen LogP contribution < -0.4 is 5.32 Å². The Hall–Kier alpha value is -1.58. The van der Waals surface area contributed by atoms with E-state index in [4.69, 9.17) is 0 Å². The molecule has 2 rings (SSSR count). The summed E-state index contributed by atoms with van der Waals surface area (Å²) in [6, 6.07) is 0. The van der Waals surface area contributed by atoms with E-state index in [9.17, 15) is 0 Å². The number of rotatable bonds is 1. The topological polar surface area (TPSA) is 53.6 Å². The van der Waals surface area contributed by atoms with Crippen LogP contribution in [0.1, 0.15) is 5.56 Å². The fourth-order valence-corrected chi connectivity index (χ4v) is 1.31. The van der Waals surface area contributed by atoms with E-state index in [1.807, 2.05) is 20.2 Å². The zero-order valence-electron chi connectivity index (χ0n) is 7.05. The van der Waals surface area contributed by atoms with Crippen LogP contribution >= 0.6 is 0 Å². The maximum Gasteiger partial charge on any atom is 0.143 e. The number of aryl methyl sites for hydroxylation is 1. The molecule has 0 aliphatic carbocycles. The molecule has 0 aliphatic heterocycles. The van der Waals surface area contributed by atoms with Crippen molar-refractivity contribution in [2.45, 2.75) is 6.92 Å². The van der Waals surface area contributed by atoms with Gasteiger partial charge in [-0.05, 0) is 12.5 Å². The highest BCUT2D eigenvalue weighted by molar-refractivity contribution is 5.89. The van der Waals surface area contributed by atoms with Crippen LogP contribution in [-0.2, 0) is 0 Å². The molecule has 2 heterocycles. The average molecular weight is 162 g/mol. The summed E-state index contributed by atoms with van der Waals surface area (Å²) in [5.74, 6) is 0.874. The van der Waals surface area contributed by atoms with Crippen LogP contribution in [0.15, 0.2) is 12.5 Å². The van der Waals surface area contributed by atoms with Gasteiger partial charge in [0.25, 0.3) is 0 Å². The second-order valence-corrected chi connectivity index (χ2v) is 2.67. The summed E-state index contributed by atoms with van der Waals surface area (Å²) in [5.41, 5.74) is 2.04. The first-order valence-electron chi connectivity index (χ1n) is 3.79. The van der Waals surface area contributed by atoms with Crippen molar-refractivity contribution in [3.8, 4) is 0 Å². The smallest absolute Gasteiger partial charge is 0.143 e. The number of anilines is 1. The minimum atomic E-state index is 0.874. The molecule has 12 heavy (non-hydrogen) atoms. The fourth-order valence-electron chi connectivity index (χ4n) is 1.31. The summed E-state index contributed by atoms with van der Waals surface area (Å²) in [4.78, 5) is 11.3. The molecule has 0 fully saturated rings. The molecular formula is C8H10N4. The van der Waals surface area contributed by atoms with Crippen LogP contribution in [0.25, 0.3) is 11.0 Å². The van der Waals surface area contributed by atoms with Gasteiger partial charge in [0.1, 0.15) is 17.8 Å². The van der Waals surface area contributed by atoms with Gasteiger partial charge in [0.15, 0.2) is 0 Å². The van der Waals surface area contributed by atoms with Crippen molar-refractivity contribution < 1.29 is 0 Å². The first-order valence-corrected chi connectivity index (χ1v) is 3.79. The molecule has 0 aliphatic rings. The summed E-state index contributed by atoms with van der Waals surface area (Å²) in [6.45, 7) is 2.03. The Morgan fingerprint density at radius 1 is 1.42 bits per heavy atom. The first kappa shape index (κ1) is 7.09. The maximum atomic E-state index is 4.12. The molecule has 4 nitrogen and oxygen atoms in total. The molecule has 0 radical (unpaired) electrons. The minimum Gasteiger partial charge on any atom is -0.372 e. The van der Waals surface area contributed by atoms with E-state index in [0.717, 1.165) is 22.4 Å². The van der Waals surface area contributed by atoms with E-state index in [0.29, 0.717) is 0 Å². The van der Waals surface area contributed by atoms with Crippen molar-refractivity contribution in [3.05, 3.63) is 18.1 Å². The number of hydrogen-bond acceptors (Lipinski definition) is 3. The summed E-state index contributed by atoms with van der Waals surface area (Å²) >= 11 is 0. The Balaban J connectivity index is 2.84. The van der Waals surface area contributed by atoms with Crippen molar-refractivity contribution in [1.82, 2.24) is 15.0 Å². The molecular weight excluding hydrogens is 152 g/mol. The second kappa shape index (κ2) is 2.48. The maximum absolute atomic E-state index is 4.12. The Kier molecular flexibility index (Phi) is 1.46. The molecule has 0 spiro atoms. The number of hydrogen-bond donors (Lipinski definition) is 2. The normalized spacial score (nSPS) is 10.5. The highest BCUT2D eigenvalue weighted by atomic mass is 15.0. The monoisotopic (exact) mass is 162 g/mol. The molecule has 2 aromatic rings. The number of nitrogens with one attached hydrogen (secondary N) is 2. The first-order chi connectivity index (χ1) is 5.83. The van der Waals surface area contributed by atoms with Crippen LogP contribution in [-0.4, -0.2) is 22.0 Å². The Bertz CT molecular complexity index is 404. The van der Waals surface area contributed by atoms with E-state index in [1.54, 1.807) is 6.33 Å². The van der Waals surface area contributed by atoms with Gasteiger partial charge in [0.05, 0.1) is 5.39 Å². The Morgan fingerprint density at radius 2 is 2.25 bits per heavy atom. The number of aromatic amines is 1. The summed E-state index contributed by atoms with van der Waals surface area (Å²) in [5, 5.41) is 4.10. The molecule has 0 bridgehead atoms. The SMILES string of the molecule is CNc1ncnc2[nH]cc(C)c12. The average Bonchev–Trinajstić information content (AvgIpc) is 2.48. The second-order valence-electron chi connectivity index (χ2n) is 2.67. The van der Waals surface area contributed by atoms with Gasteiger partial charge in [-0.3, -0.25) is 0 Å². The number of nitrogens with zero attached hydrogens (tertiary/aromatic N) is 2. The molecule has 0 unspecified atom stereocenters. The third kappa shape index (κ3) is 0.845. The zero-order chi connectivity index (χ0) is 8.55. The summed E-state index contributed by atoms with van der Waals surface area (Å²) in [7, 11) is 1.86. The van der Waals surface area contributed by atoms with E-state index in [-0.39, 0.29) is 0 Å². The number of aromatic nitrogens is 3. The van der Waals surface area contributed by atoms with Gasteiger partial charge in [-0.1, -0.05) is 0 Å². The minimum absolute atomic E-state index is 0.874. The Morgan fingerprint density at radius 3 is 3.00 bits per heavy atom. The lowest BCUT2D eigenvalue weighted by Crippen LogP contribution is -1.93. The van der Waals surface area contributed by atoms with Crippen molar-refractivity contribution in [2.75, 3.05) is 12.4 Å². The van der Waals surface area contributed by atoms with Crippen LogP contribution in [0, 0.1) is 6.92 Å². The predicted octanol–water partition coefficient (Wildman–Crippen LogP) is 1.31. The lowest BCUT2D eigenvalue weighted by atomic mass is 10.2. The van der Waals surface area contributed by atoms with Gasteiger partial charge in [0, 0.05) is 13.2 Å². The van der Waals surface area contributed by atoms with Crippen LogP contribution in [0.2, 0.25) is 0 Å². The number of fused-ring (bicyclic) bond motifs is 1. The van der Waals surface area contributed by atoms with Crippen molar-refractivity contribution in [1.29, 1.82) is 0 Å². The van der Waals surface area contributed by atoms with Gasteiger partial charge in [-0.2, -0.15) is 0 Å². The van der Waals surface area contributed by atoms with E-state index >= 15 is 0 Å². The lowest BCUT2D eigenvalue weighted by molar-refractivity contribution is 1.19. The molecule has 2 N–H and O–H groups in total. The molecule has 0 amide bonds.